The number of hydrogen-bond acceptors (Lipinski definition) is 3. The van der Waals surface area contributed by atoms with Crippen molar-refractivity contribution in [1.29, 1.82) is 0 Å². The van der Waals surface area contributed by atoms with Gasteiger partial charge in [-0.3, -0.25) is 4.90 Å². The number of rotatable bonds is 7. The Balaban J connectivity index is 2.03. The van der Waals surface area contributed by atoms with Crippen LogP contribution in [0.2, 0.25) is 0 Å². The zero-order chi connectivity index (χ0) is 14.4. The molecular formula is C16H20FNOS. The van der Waals surface area contributed by atoms with Crippen LogP contribution in [0.3, 0.4) is 0 Å². The van der Waals surface area contributed by atoms with Gasteiger partial charge in [0.25, 0.3) is 0 Å². The van der Waals surface area contributed by atoms with Gasteiger partial charge in [0.05, 0.1) is 0 Å². The fraction of sp³-hybridized carbons (Fsp3) is 0.375. The standard InChI is InChI=1S/C16H20FNOS/c1-13-7-10-20-16(13)12-18(8-2-9-19)11-14-3-5-15(17)6-4-14/h3-7,10,19H,2,8-9,11-12H2,1H3. The molecule has 0 atom stereocenters. The second-order valence-corrected chi connectivity index (χ2v) is 5.94. The molecule has 2 rings (SSSR count). The summed E-state index contributed by atoms with van der Waals surface area (Å²) in [6.07, 6.45) is 0.756. The third-order valence-electron chi connectivity index (χ3n) is 3.29. The third-order valence-corrected chi connectivity index (χ3v) is 4.30. The van der Waals surface area contributed by atoms with E-state index in [2.05, 4.69) is 23.3 Å². The second kappa shape index (κ2) is 7.53. The van der Waals surface area contributed by atoms with E-state index in [1.54, 1.807) is 11.3 Å². The molecule has 0 aliphatic rings. The lowest BCUT2D eigenvalue weighted by Crippen LogP contribution is -2.24. The molecule has 1 heterocycles. The smallest absolute Gasteiger partial charge is 0.123 e. The number of halogens is 1. The quantitative estimate of drug-likeness (QED) is 0.843. The number of nitrogens with zero attached hydrogens (tertiary/aromatic N) is 1. The monoisotopic (exact) mass is 293 g/mol. The zero-order valence-corrected chi connectivity index (χ0v) is 12.5. The first-order chi connectivity index (χ1) is 9.69. The average molecular weight is 293 g/mol. The van der Waals surface area contributed by atoms with Crippen LogP contribution in [-0.4, -0.2) is 23.2 Å². The lowest BCUT2D eigenvalue weighted by atomic mass is 10.2. The highest BCUT2D eigenvalue weighted by Crippen LogP contribution is 2.19. The summed E-state index contributed by atoms with van der Waals surface area (Å²) in [5, 5.41) is 11.1. The fourth-order valence-electron chi connectivity index (χ4n) is 2.13. The molecule has 0 bridgehead atoms. The Morgan fingerprint density at radius 1 is 1.15 bits per heavy atom. The first kappa shape index (κ1) is 15.2. The van der Waals surface area contributed by atoms with Crippen LogP contribution in [0.1, 0.15) is 22.4 Å². The molecule has 0 spiro atoms. The van der Waals surface area contributed by atoms with Gasteiger partial charge in [0.15, 0.2) is 0 Å². The van der Waals surface area contributed by atoms with Crippen LogP contribution < -0.4 is 0 Å². The van der Waals surface area contributed by atoms with E-state index in [0.29, 0.717) is 0 Å². The molecule has 1 aromatic carbocycles. The van der Waals surface area contributed by atoms with Gasteiger partial charge in [-0.15, -0.1) is 11.3 Å². The van der Waals surface area contributed by atoms with Crippen molar-refractivity contribution in [3.05, 3.63) is 57.5 Å². The molecular weight excluding hydrogens is 273 g/mol. The topological polar surface area (TPSA) is 23.5 Å². The van der Waals surface area contributed by atoms with Gasteiger partial charge in [-0.25, -0.2) is 4.39 Å². The first-order valence-electron chi connectivity index (χ1n) is 6.79. The Morgan fingerprint density at radius 2 is 1.90 bits per heavy atom. The van der Waals surface area contributed by atoms with Crippen molar-refractivity contribution >= 4 is 11.3 Å². The Morgan fingerprint density at radius 3 is 2.50 bits per heavy atom. The van der Waals surface area contributed by atoms with Crippen molar-refractivity contribution in [3.63, 3.8) is 0 Å². The van der Waals surface area contributed by atoms with Crippen LogP contribution in [0.15, 0.2) is 35.7 Å². The summed E-state index contributed by atoms with van der Waals surface area (Å²) < 4.78 is 12.9. The van der Waals surface area contributed by atoms with E-state index in [0.717, 1.165) is 31.6 Å². The molecule has 108 valence electrons. The van der Waals surface area contributed by atoms with Crippen molar-refractivity contribution in [2.24, 2.45) is 0 Å². The van der Waals surface area contributed by atoms with Gasteiger partial charge < -0.3 is 5.11 Å². The lowest BCUT2D eigenvalue weighted by Gasteiger charge is -2.22. The Kier molecular flexibility index (Phi) is 5.71. The highest BCUT2D eigenvalue weighted by atomic mass is 32.1. The molecule has 0 amide bonds. The van der Waals surface area contributed by atoms with Gasteiger partial charge >= 0.3 is 0 Å². The largest absolute Gasteiger partial charge is 0.396 e. The van der Waals surface area contributed by atoms with Gasteiger partial charge in [-0.1, -0.05) is 12.1 Å². The minimum absolute atomic E-state index is 0.198. The van der Waals surface area contributed by atoms with E-state index in [1.165, 1.54) is 22.6 Å². The van der Waals surface area contributed by atoms with Gasteiger partial charge in [0, 0.05) is 31.1 Å². The van der Waals surface area contributed by atoms with Crippen LogP contribution in [0.25, 0.3) is 0 Å². The molecule has 0 fully saturated rings. The molecule has 1 N–H and O–H groups in total. The van der Waals surface area contributed by atoms with Crippen molar-refractivity contribution in [3.8, 4) is 0 Å². The average Bonchev–Trinajstić information content (AvgIpc) is 2.84. The number of hydrogen-bond donors (Lipinski definition) is 1. The van der Waals surface area contributed by atoms with Crippen molar-refractivity contribution in [1.82, 2.24) is 4.90 Å². The normalized spacial score (nSPS) is 11.2. The third kappa shape index (κ3) is 4.40. The highest BCUT2D eigenvalue weighted by molar-refractivity contribution is 7.10. The molecule has 0 aliphatic carbocycles. The summed E-state index contributed by atoms with van der Waals surface area (Å²) in [5.41, 5.74) is 2.40. The SMILES string of the molecule is Cc1ccsc1CN(CCCO)Cc1ccc(F)cc1. The summed E-state index contributed by atoms with van der Waals surface area (Å²) in [6.45, 7) is 4.81. The number of benzene rings is 1. The number of thiophene rings is 1. The van der Waals surface area contributed by atoms with Gasteiger partial charge in [-0.2, -0.15) is 0 Å². The zero-order valence-electron chi connectivity index (χ0n) is 11.7. The first-order valence-corrected chi connectivity index (χ1v) is 7.67. The maximum atomic E-state index is 12.9. The molecule has 0 aliphatic heterocycles. The molecule has 0 unspecified atom stereocenters. The van der Waals surface area contributed by atoms with Crippen LogP contribution in [0.4, 0.5) is 4.39 Å². The van der Waals surface area contributed by atoms with Crippen molar-refractivity contribution in [2.45, 2.75) is 26.4 Å². The predicted octanol–water partition coefficient (Wildman–Crippen LogP) is 3.58. The molecule has 2 nitrogen and oxygen atoms in total. The molecule has 0 saturated carbocycles. The van der Waals surface area contributed by atoms with Crippen LogP contribution in [-0.2, 0) is 13.1 Å². The maximum absolute atomic E-state index is 12.9. The number of aliphatic hydroxyl groups is 1. The van der Waals surface area contributed by atoms with Gasteiger partial charge in [0.1, 0.15) is 5.82 Å². The van der Waals surface area contributed by atoms with E-state index in [-0.39, 0.29) is 12.4 Å². The number of aryl methyl sites for hydroxylation is 1. The van der Waals surface area contributed by atoms with E-state index >= 15 is 0 Å². The van der Waals surface area contributed by atoms with E-state index in [9.17, 15) is 4.39 Å². The molecule has 2 aromatic rings. The molecule has 1 aromatic heterocycles. The van der Waals surface area contributed by atoms with Crippen LogP contribution in [0.5, 0.6) is 0 Å². The van der Waals surface area contributed by atoms with E-state index < -0.39 is 0 Å². The second-order valence-electron chi connectivity index (χ2n) is 4.94. The van der Waals surface area contributed by atoms with Crippen LogP contribution in [0, 0.1) is 12.7 Å². The minimum atomic E-state index is -0.204. The Bertz CT molecular complexity index is 524. The van der Waals surface area contributed by atoms with Crippen molar-refractivity contribution in [2.75, 3.05) is 13.2 Å². The Hall–Kier alpha value is -1.23. The summed E-state index contributed by atoms with van der Waals surface area (Å²) in [4.78, 5) is 3.65. The predicted molar refractivity (Wildman–Crippen MR) is 81.3 cm³/mol. The van der Waals surface area contributed by atoms with Gasteiger partial charge in [0.2, 0.25) is 0 Å². The molecule has 20 heavy (non-hydrogen) atoms. The lowest BCUT2D eigenvalue weighted by molar-refractivity contribution is 0.213. The van der Waals surface area contributed by atoms with Crippen molar-refractivity contribution < 1.29 is 9.50 Å². The molecule has 0 saturated heterocycles. The van der Waals surface area contributed by atoms with E-state index in [1.807, 2.05) is 12.1 Å². The minimum Gasteiger partial charge on any atom is -0.396 e. The molecule has 4 heteroatoms. The summed E-state index contributed by atoms with van der Waals surface area (Å²) >= 11 is 1.76. The van der Waals surface area contributed by atoms with Crippen LogP contribution >= 0.6 is 11.3 Å². The summed E-state index contributed by atoms with van der Waals surface area (Å²) in [7, 11) is 0. The maximum Gasteiger partial charge on any atom is 0.123 e. The molecule has 0 radical (unpaired) electrons. The van der Waals surface area contributed by atoms with Gasteiger partial charge in [-0.05, 0) is 48.1 Å². The summed E-state index contributed by atoms with van der Waals surface area (Å²) in [5.74, 6) is -0.204. The Labute approximate surface area is 123 Å². The summed E-state index contributed by atoms with van der Waals surface area (Å²) in [6, 6.07) is 8.76. The fourth-order valence-corrected chi connectivity index (χ4v) is 3.07. The number of aliphatic hydroxyl groups excluding tert-OH is 1. The van der Waals surface area contributed by atoms with E-state index in [4.69, 9.17) is 5.11 Å². The highest BCUT2D eigenvalue weighted by Gasteiger charge is 2.09.